The SMILES string of the molecule is C[C@@H]1CN2c3c(cc4c(-c5cncs5)noc4c3Cl)CC3(CNC(=O)NC3=O)[C@H]2[C@H](C)O1. The fraction of sp³-hybridized carbons (Fsp3) is 0.429. The van der Waals surface area contributed by atoms with E-state index in [1.54, 1.807) is 11.7 Å². The summed E-state index contributed by atoms with van der Waals surface area (Å²) < 4.78 is 11.8. The van der Waals surface area contributed by atoms with Crippen LogP contribution in [0.4, 0.5) is 10.5 Å². The van der Waals surface area contributed by atoms with Gasteiger partial charge in [-0.15, -0.1) is 11.3 Å². The third-order valence-electron chi connectivity index (χ3n) is 6.71. The molecule has 2 saturated heterocycles. The van der Waals surface area contributed by atoms with Crippen LogP contribution < -0.4 is 15.5 Å². The number of rotatable bonds is 1. The van der Waals surface area contributed by atoms with E-state index in [1.165, 1.54) is 11.3 Å². The molecule has 1 aromatic carbocycles. The molecule has 0 bridgehead atoms. The summed E-state index contributed by atoms with van der Waals surface area (Å²) in [5, 5.41) is 10.8. The highest BCUT2D eigenvalue weighted by molar-refractivity contribution is 7.13. The molecule has 3 aromatic rings. The van der Waals surface area contributed by atoms with E-state index in [2.05, 4.69) is 25.7 Å². The molecule has 3 aliphatic heterocycles. The first-order valence-electron chi connectivity index (χ1n) is 10.4. The Morgan fingerprint density at radius 1 is 1.34 bits per heavy atom. The smallest absolute Gasteiger partial charge is 0.321 e. The lowest BCUT2D eigenvalue weighted by molar-refractivity contribution is -0.139. The molecule has 1 unspecified atom stereocenters. The molecule has 11 heteroatoms. The molecule has 0 saturated carbocycles. The zero-order chi connectivity index (χ0) is 22.2. The van der Waals surface area contributed by atoms with Gasteiger partial charge in [0, 0.05) is 19.3 Å². The minimum absolute atomic E-state index is 0.0558. The summed E-state index contributed by atoms with van der Waals surface area (Å²) in [4.78, 5) is 32.3. The maximum atomic E-state index is 13.3. The minimum atomic E-state index is -0.890. The van der Waals surface area contributed by atoms with Gasteiger partial charge in [0.15, 0.2) is 5.58 Å². The Morgan fingerprint density at radius 2 is 2.19 bits per heavy atom. The van der Waals surface area contributed by atoms with Crippen LogP contribution in [0, 0.1) is 5.41 Å². The molecule has 2 N–H and O–H groups in total. The zero-order valence-corrected chi connectivity index (χ0v) is 18.9. The van der Waals surface area contributed by atoms with E-state index in [4.69, 9.17) is 20.9 Å². The van der Waals surface area contributed by atoms with Crippen molar-refractivity contribution in [3.8, 4) is 10.6 Å². The zero-order valence-electron chi connectivity index (χ0n) is 17.3. The Labute approximate surface area is 192 Å². The Balaban J connectivity index is 1.58. The van der Waals surface area contributed by atoms with Gasteiger partial charge in [-0.25, -0.2) is 4.79 Å². The Kier molecular flexibility index (Phi) is 4.30. The van der Waals surface area contributed by atoms with Crippen molar-refractivity contribution in [3.63, 3.8) is 0 Å². The van der Waals surface area contributed by atoms with E-state index in [9.17, 15) is 9.59 Å². The molecule has 9 nitrogen and oxygen atoms in total. The third-order valence-corrected chi connectivity index (χ3v) is 7.84. The van der Waals surface area contributed by atoms with E-state index >= 15 is 0 Å². The molecule has 2 fully saturated rings. The predicted molar refractivity (Wildman–Crippen MR) is 119 cm³/mol. The van der Waals surface area contributed by atoms with Crippen LogP contribution in [-0.2, 0) is 16.0 Å². The van der Waals surface area contributed by atoms with Crippen LogP contribution in [0.3, 0.4) is 0 Å². The number of morpholine rings is 1. The number of ether oxygens (including phenoxy) is 1. The first kappa shape index (κ1) is 20.0. The molecular formula is C21H20ClN5O4S. The maximum Gasteiger partial charge on any atom is 0.321 e. The molecule has 2 aromatic heterocycles. The highest BCUT2D eigenvalue weighted by atomic mass is 35.5. The van der Waals surface area contributed by atoms with Crippen LogP contribution in [0.25, 0.3) is 21.5 Å². The number of carbonyl (C=O) groups excluding carboxylic acids is 2. The fourth-order valence-corrected chi connectivity index (χ4v) is 6.54. The fourth-order valence-electron chi connectivity index (χ4n) is 5.56. The third kappa shape index (κ3) is 2.66. The van der Waals surface area contributed by atoms with Crippen molar-refractivity contribution in [1.29, 1.82) is 0 Å². The predicted octanol–water partition coefficient (Wildman–Crippen LogP) is 2.97. The summed E-state index contributed by atoms with van der Waals surface area (Å²) in [7, 11) is 0. The first-order chi connectivity index (χ1) is 15.4. The lowest BCUT2D eigenvalue weighted by atomic mass is 9.67. The van der Waals surface area contributed by atoms with Gasteiger partial charge < -0.3 is 19.5 Å². The van der Waals surface area contributed by atoms with Gasteiger partial charge in [0.2, 0.25) is 5.91 Å². The number of aromatic nitrogens is 2. The van der Waals surface area contributed by atoms with Crippen molar-refractivity contribution in [1.82, 2.24) is 20.8 Å². The number of anilines is 1. The number of imide groups is 1. The summed E-state index contributed by atoms with van der Waals surface area (Å²) in [5.41, 5.74) is 3.79. The molecule has 0 radical (unpaired) electrons. The maximum absolute atomic E-state index is 13.3. The topological polar surface area (TPSA) is 110 Å². The largest absolute Gasteiger partial charge is 0.372 e. The molecule has 3 amide bonds. The van der Waals surface area contributed by atoms with Gasteiger partial charge >= 0.3 is 6.03 Å². The van der Waals surface area contributed by atoms with Crippen LogP contribution >= 0.6 is 22.9 Å². The number of urea groups is 1. The molecule has 166 valence electrons. The van der Waals surface area contributed by atoms with Crippen LogP contribution in [0.15, 0.2) is 22.3 Å². The van der Waals surface area contributed by atoms with Crippen LogP contribution in [0.2, 0.25) is 5.02 Å². The molecule has 4 atom stereocenters. The number of carbonyl (C=O) groups is 2. The van der Waals surface area contributed by atoms with Gasteiger partial charge in [0.25, 0.3) is 0 Å². The van der Waals surface area contributed by atoms with Gasteiger partial charge in [-0.05, 0) is 31.9 Å². The Hall–Kier alpha value is -2.69. The molecule has 1 spiro atoms. The van der Waals surface area contributed by atoms with Gasteiger partial charge in [0.1, 0.15) is 10.7 Å². The summed E-state index contributed by atoms with van der Waals surface area (Å²) in [6.07, 6.45) is 1.84. The highest BCUT2D eigenvalue weighted by Crippen LogP contribution is 2.51. The lowest BCUT2D eigenvalue weighted by Crippen LogP contribution is -2.73. The average Bonchev–Trinajstić information content (AvgIpc) is 3.40. The second-order valence-electron chi connectivity index (χ2n) is 8.69. The quantitative estimate of drug-likeness (QED) is 0.559. The first-order valence-corrected chi connectivity index (χ1v) is 11.7. The Bertz CT molecular complexity index is 1260. The van der Waals surface area contributed by atoms with Gasteiger partial charge in [-0.2, -0.15) is 0 Å². The van der Waals surface area contributed by atoms with Gasteiger partial charge in [-0.1, -0.05) is 16.8 Å². The van der Waals surface area contributed by atoms with Crippen molar-refractivity contribution < 1.29 is 18.8 Å². The normalized spacial score (nSPS) is 29.6. The number of benzene rings is 1. The summed E-state index contributed by atoms with van der Waals surface area (Å²) >= 11 is 8.40. The highest BCUT2D eigenvalue weighted by Gasteiger charge is 2.58. The van der Waals surface area contributed by atoms with E-state index in [1.807, 2.05) is 19.9 Å². The van der Waals surface area contributed by atoms with E-state index in [0.717, 1.165) is 21.5 Å². The molecule has 6 rings (SSSR count). The molecular weight excluding hydrogens is 454 g/mol. The van der Waals surface area contributed by atoms with Crippen molar-refractivity contribution in [2.45, 2.75) is 38.5 Å². The summed E-state index contributed by atoms with van der Waals surface area (Å²) in [6.45, 7) is 4.75. The number of amides is 3. The van der Waals surface area contributed by atoms with Crippen LogP contribution in [-0.4, -0.2) is 53.4 Å². The standard InChI is InChI=1S/C21H20ClN5O4S/c1-9-6-27-16-11(3-12-15(13-5-23-8-32-13)26-31-17(12)14(16)22)4-21(18(27)10(2)30-9)7-24-20(29)25-19(21)28/h3,5,8-10,18H,4,6-7H2,1-2H3,(H2,24,25,28,29)/t9-,10+,18-,21?/m1/s1. The second-order valence-corrected chi connectivity index (χ2v) is 9.95. The summed E-state index contributed by atoms with van der Waals surface area (Å²) in [6, 6.07) is 1.23. The summed E-state index contributed by atoms with van der Waals surface area (Å²) in [5.74, 6) is -0.295. The van der Waals surface area contributed by atoms with Crippen LogP contribution in [0.1, 0.15) is 19.4 Å². The van der Waals surface area contributed by atoms with E-state index < -0.39 is 11.4 Å². The number of hydrogen-bond donors (Lipinski definition) is 2. The molecule has 3 aliphatic rings. The number of nitrogens with one attached hydrogen (secondary N) is 2. The molecule has 32 heavy (non-hydrogen) atoms. The van der Waals surface area contributed by atoms with E-state index in [0.29, 0.717) is 29.3 Å². The Morgan fingerprint density at radius 3 is 2.94 bits per heavy atom. The molecule has 5 heterocycles. The van der Waals surface area contributed by atoms with Gasteiger partial charge in [0.05, 0.1) is 45.1 Å². The average molecular weight is 474 g/mol. The number of fused-ring (bicyclic) bond motifs is 5. The van der Waals surface area contributed by atoms with Gasteiger partial charge in [-0.3, -0.25) is 15.1 Å². The van der Waals surface area contributed by atoms with Crippen LogP contribution in [0.5, 0.6) is 0 Å². The minimum Gasteiger partial charge on any atom is -0.372 e. The number of hydrogen-bond acceptors (Lipinski definition) is 8. The number of thiazole rings is 1. The second kappa shape index (κ2) is 6.90. The van der Waals surface area contributed by atoms with Crippen molar-refractivity contribution in [3.05, 3.63) is 28.4 Å². The van der Waals surface area contributed by atoms with Crippen molar-refractivity contribution in [2.24, 2.45) is 5.41 Å². The number of halogens is 1. The molecule has 0 aliphatic carbocycles. The van der Waals surface area contributed by atoms with E-state index in [-0.39, 0.29) is 30.7 Å². The lowest BCUT2D eigenvalue weighted by Gasteiger charge is -2.56. The van der Waals surface area contributed by atoms with Crippen molar-refractivity contribution >= 4 is 51.5 Å². The number of nitrogens with zero attached hydrogens (tertiary/aromatic N) is 3. The van der Waals surface area contributed by atoms with Crippen molar-refractivity contribution in [2.75, 3.05) is 18.0 Å². The monoisotopic (exact) mass is 473 g/mol.